The molecule has 0 fully saturated rings. The Kier molecular flexibility index (Phi) is 31.6. The highest BCUT2D eigenvalue weighted by Gasteiger charge is 2.29. The van der Waals surface area contributed by atoms with Gasteiger partial charge in [-0.3, -0.25) is 14.4 Å². The number of imidazole rings is 2. The molecule has 5 aromatic carbocycles. The number of nitrogens with two attached hydrogens (primary N) is 1. The molecule has 89 heavy (non-hydrogen) atoms. The number of benzene rings is 5. The van der Waals surface area contributed by atoms with Crippen molar-refractivity contribution in [1.29, 1.82) is 0 Å². The van der Waals surface area contributed by atoms with Gasteiger partial charge in [0.05, 0.1) is 39.2 Å². The first-order chi connectivity index (χ1) is 40.6. The van der Waals surface area contributed by atoms with Crippen LogP contribution in [-0.2, 0) is 35.5 Å². The fraction of sp³-hybridized carbons (Fsp3) is 0.394. The highest BCUT2D eigenvalue weighted by Crippen LogP contribution is 2.33. The summed E-state index contributed by atoms with van der Waals surface area (Å²) in [5.41, 5.74) is 12.3. The highest BCUT2D eigenvalue weighted by molar-refractivity contribution is 6.32. The van der Waals surface area contributed by atoms with Gasteiger partial charge in [0.1, 0.15) is 23.1 Å². The lowest BCUT2D eigenvalue weighted by Crippen LogP contribution is -2.37. The van der Waals surface area contributed by atoms with Gasteiger partial charge in [0.2, 0.25) is 34.8 Å². The Morgan fingerprint density at radius 2 is 0.978 bits per heavy atom. The number of halogens is 8. The number of hydrogen-bond acceptors (Lipinski definition) is 10. The second-order valence-electron chi connectivity index (χ2n) is 21.4. The van der Waals surface area contributed by atoms with Crippen molar-refractivity contribution in [2.45, 2.75) is 172 Å². The summed E-state index contributed by atoms with van der Waals surface area (Å²) in [6, 6.07) is 24.2. The van der Waals surface area contributed by atoms with Crippen LogP contribution < -0.4 is 25.3 Å². The molecule has 7 aromatic rings. The van der Waals surface area contributed by atoms with Crippen LogP contribution >= 0.6 is 35.6 Å². The van der Waals surface area contributed by atoms with Crippen molar-refractivity contribution in [2.24, 2.45) is 5.73 Å². The van der Waals surface area contributed by atoms with Crippen molar-refractivity contribution in [2.75, 3.05) is 0 Å². The summed E-state index contributed by atoms with van der Waals surface area (Å²) in [5, 5.41) is 21.3. The van der Waals surface area contributed by atoms with E-state index in [4.69, 9.17) is 53.5 Å². The number of hydrogen-bond donors (Lipinski definition) is 4. The number of carboxylic acid groups (broad SMARTS) is 2. The molecule has 2 atom stereocenters. The molecule has 1 amide bonds. The molecule has 0 unspecified atom stereocenters. The van der Waals surface area contributed by atoms with Crippen LogP contribution in [0, 0.1) is 29.1 Å². The molecule has 2 aromatic heterocycles. The number of rotatable bonds is 24. The Balaban J connectivity index is 0.000000462. The Morgan fingerprint density at radius 3 is 1.36 bits per heavy atom. The number of nitrogens with zero attached hydrogens (tertiary/aromatic N) is 4. The van der Waals surface area contributed by atoms with Gasteiger partial charge >= 0.3 is 17.9 Å². The maximum Gasteiger partial charge on any atom is 0.343 e. The van der Waals surface area contributed by atoms with Gasteiger partial charge in [0, 0.05) is 78.9 Å². The fourth-order valence-corrected chi connectivity index (χ4v) is 9.22. The van der Waals surface area contributed by atoms with E-state index < -0.39 is 52.7 Å². The van der Waals surface area contributed by atoms with Gasteiger partial charge in [-0.25, -0.2) is 27.9 Å². The molecule has 0 radical (unpaired) electrons. The number of carboxylic acids is 2. The molecule has 23 heteroatoms. The first-order valence-corrected chi connectivity index (χ1v) is 28.8. The standard InChI is InChI=1S/C29H36ClN3O4.C19H27N3O2.C16H10ClF5O3.2CH4.ClH/c1-6-33-17-25(32-28(33)18(2)3)21-9-7-20(8-10-21)15-23(12-14-27(34)35)31-29(36)22-11-13-26(24(30)16-22)37-19(4)5;1-4-22-12-17(21-19(22)13(2)3)15-7-5-14(6-8-15)11-16(20)9-10-18(23)24;1-6(2)24-9-4-3-7(5-8(9)17)16(23)25-15-13(21)11(19)10(18)12(20)14(15)22;;;/h7-11,13,16-19,23H,6,12,14-15H2,1-5H3,(H,31,36)(H,34,35);5-8,12-13,16H,4,9-11,20H2,1-3H3,(H,23,24);3-6H,1-2H3;2*1H4;1H/t23-;16-;;;;/m11..../s1. The molecule has 0 aliphatic carbocycles. The second-order valence-corrected chi connectivity index (χ2v) is 22.2. The van der Waals surface area contributed by atoms with E-state index in [0.717, 1.165) is 70.5 Å². The summed E-state index contributed by atoms with van der Waals surface area (Å²) in [4.78, 5) is 56.3. The van der Waals surface area contributed by atoms with Crippen molar-refractivity contribution in [3.8, 4) is 39.8 Å². The van der Waals surface area contributed by atoms with E-state index in [2.05, 4.69) is 97.4 Å². The number of aryl methyl sites for hydroxylation is 2. The number of ether oxygens (including phenoxy) is 3. The summed E-state index contributed by atoms with van der Waals surface area (Å²) in [7, 11) is 0. The molecular formula is C66H82Cl3F5N6O9. The third-order valence-corrected chi connectivity index (χ3v) is 13.6. The smallest absolute Gasteiger partial charge is 0.343 e. The van der Waals surface area contributed by atoms with Crippen LogP contribution in [0.2, 0.25) is 10.0 Å². The molecule has 0 aliphatic rings. The first kappa shape index (κ1) is 77.6. The quantitative estimate of drug-likeness (QED) is 0.0146. The van der Waals surface area contributed by atoms with Gasteiger partial charge in [-0.1, -0.05) is 114 Å². The summed E-state index contributed by atoms with van der Waals surface area (Å²) in [6.07, 6.45) is 6.00. The SMILES string of the molecule is C.C.CC(C)Oc1ccc(C(=O)Oc2c(F)c(F)c(F)c(F)c2F)cc1Cl.CCn1cc(-c2ccc(C[C@@H](CCC(=O)O)NC(=O)c3ccc(OC(C)C)c(Cl)c3)cc2)nc1C(C)C.CCn1cc(-c2ccc(C[C@H](N)CCC(=O)O)cc2)nc1C(C)C.Cl. The third kappa shape index (κ3) is 22.5. The molecule has 2 heterocycles. The molecule has 486 valence electrons. The normalized spacial score (nSPS) is 11.5. The molecule has 0 saturated heterocycles. The Hall–Kier alpha value is -7.52. The Morgan fingerprint density at radius 1 is 0.584 bits per heavy atom. The average molecular weight is 1300 g/mol. The van der Waals surface area contributed by atoms with E-state index in [1.165, 1.54) is 6.07 Å². The fourth-order valence-electron chi connectivity index (χ4n) is 8.77. The number of carbonyl (C=O) groups is 4. The topological polar surface area (TPSA) is 210 Å². The zero-order valence-electron chi connectivity index (χ0n) is 50.0. The van der Waals surface area contributed by atoms with E-state index in [1.54, 1.807) is 32.0 Å². The maximum absolute atomic E-state index is 13.5. The molecule has 0 saturated carbocycles. The predicted octanol–water partition coefficient (Wildman–Crippen LogP) is 16.5. The van der Waals surface area contributed by atoms with E-state index in [0.29, 0.717) is 53.9 Å². The van der Waals surface area contributed by atoms with Crippen LogP contribution in [0.25, 0.3) is 22.5 Å². The molecule has 15 nitrogen and oxygen atoms in total. The number of carbonyl (C=O) groups excluding carboxylic acids is 2. The van der Waals surface area contributed by atoms with Gasteiger partial charge in [-0.15, -0.1) is 12.4 Å². The van der Waals surface area contributed by atoms with Crippen LogP contribution in [0.1, 0.15) is 165 Å². The van der Waals surface area contributed by atoms with Crippen molar-refractivity contribution in [1.82, 2.24) is 24.4 Å². The largest absolute Gasteiger partial charge is 0.489 e. The monoisotopic (exact) mass is 1300 g/mol. The van der Waals surface area contributed by atoms with Crippen molar-refractivity contribution in [3.63, 3.8) is 0 Å². The van der Waals surface area contributed by atoms with Gasteiger partial charge < -0.3 is 44.6 Å². The van der Waals surface area contributed by atoms with Gasteiger partial charge in [0.25, 0.3) is 5.91 Å². The van der Waals surface area contributed by atoms with Crippen molar-refractivity contribution >= 4 is 59.4 Å². The van der Waals surface area contributed by atoms with Crippen molar-refractivity contribution < 1.29 is 65.6 Å². The maximum atomic E-state index is 13.5. The Bertz CT molecular complexity index is 3420. The summed E-state index contributed by atoms with van der Waals surface area (Å²) in [6.45, 7) is 21.9. The van der Waals surface area contributed by atoms with E-state index in [-0.39, 0.29) is 86.6 Å². The van der Waals surface area contributed by atoms with Crippen molar-refractivity contribution in [3.05, 3.63) is 170 Å². The summed E-state index contributed by atoms with van der Waals surface area (Å²) in [5.74, 6) is -12.7. The van der Waals surface area contributed by atoms with Crippen LogP contribution in [-0.4, -0.2) is 77.4 Å². The third-order valence-electron chi connectivity index (χ3n) is 13.0. The minimum absolute atomic E-state index is 0. The van der Waals surface area contributed by atoms with Crippen LogP contribution in [0.4, 0.5) is 22.0 Å². The average Bonchev–Trinajstić information content (AvgIpc) is 3.85. The molecule has 0 bridgehead atoms. The van der Waals surface area contributed by atoms with Gasteiger partial charge in [-0.2, -0.15) is 8.78 Å². The van der Waals surface area contributed by atoms with Gasteiger partial charge in [0.15, 0.2) is 0 Å². The number of esters is 1. The predicted molar refractivity (Wildman–Crippen MR) is 342 cm³/mol. The molecular weight excluding hydrogens is 1220 g/mol. The highest BCUT2D eigenvalue weighted by atomic mass is 35.5. The molecule has 7 rings (SSSR count). The number of nitrogens with one attached hydrogen (secondary N) is 1. The zero-order valence-corrected chi connectivity index (χ0v) is 52.4. The number of aromatic nitrogens is 4. The van der Waals surface area contributed by atoms with E-state index in [1.807, 2.05) is 38.1 Å². The summed E-state index contributed by atoms with van der Waals surface area (Å²) >= 11 is 12.2. The van der Waals surface area contributed by atoms with E-state index in [9.17, 15) is 46.2 Å². The molecule has 0 spiro atoms. The summed E-state index contributed by atoms with van der Waals surface area (Å²) < 4.78 is 85.9. The minimum atomic E-state index is -2.35. The van der Waals surface area contributed by atoms with E-state index >= 15 is 0 Å². The number of aliphatic carboxylic acids is 2. The first-order valence-electron chi connectivity index (χ1n) is 28.1. The van der Waals surface area contributed by atoms with Crippen LogP contribution in [0.5, 0.6) is 17.2 Å². The van der Waals surface area contributed by atoms with Crippen LogP contribution in [0.15, 0.2) is 97.3 Å². The lowest BCUT2D eigenvalue weighted by atomic mass is 9.99. The minimum Gasteiger partial charge on any atom is -0.489 e. The van der Waals surface area contributed by atoms with Gasteiger partial charge in [-0.05, 0) is 115 Å². The number of amides is 1. The Labute approximate surface area is 534 Å². The zero-order chi connectivity index (χ0) is 63.7. The molecule has 0 aliphatic heterocycles. The molecule has 5 N–H and O–H groups in total. The van der Waals surface area contributed by atoms with Crippen LogP contribution in [0.3, 0.4) is 0 Å². The second kappa shape index (κ2) is 36.2. The lowest BCUT2D eigenvalue weighted by Gasteiger charge is -2.19. The lowest BCUT2D eigenvalue weighted by molar-refractivity contribution is -0.138.